The topological polar surface area (TPSA) is 95.8 Å². The van der Waals surface area contributed by atoms with Crippen LogP contribution in [-0.4, -0.2) is 61.7 Å². The smallest absolute Gasteiger partial charge is 0.243 e. The van der Waals surface area contributed by atoms with E-state index in [-0.39, 0.29) is 17.2 Å². The van der Waals surface area contributed by atoms with Crippen molar-refractivity contribution in [1.82, 2.24) is 14.2 Å². The minimum absolute atomic E-state index is 0.124. The summed E-state index contributed by atoms with van der Waals surface area (Å²) in [5, 5.41) is 5.33. The minimum Gasteiger partial charge on any atom is -0.462 e. The van der Waals surface area contributed by atoms with E-state index in [1.54, 1.807) is 24.5 Å². The van der Waals surface area contributed by atoms with E-state index in [9.17, 15) is 13.2 Å². The number of anilines is 1. The van der Waals surface area contributed by atoms with Crippen LogP contribution in [0.1, 0.15) is 5.69 Å². The highest BCUT2D eigenvalue weighted by molar-refractivity contribution is 7.89. The fourth-order valence-electron chi connectivity index (χ4n) is 3.16. The Balaban J connectivity index is 1.37. The third-order valence-corrected chi connectivity index (χ3v) is 7.68. The average Bonchev–Trinajstić information content (AvgIpc) is 3.40. The molecule has 10 heteroatoms. The fourth-order valence-corrected chi connectivity index (χ4v) is 5.37. The van der Waals surface area contributed by atoms with Crippen molar-refractivity contribution in [2.45, 2.75) is 11.3 Å². The summed E-state index contributed by atoms with van der Waals surface area (Å²) in [6.07, 6.45) is 1.70. The second kappa shape index (κ2) is 8.68. The average molecular weight is 447 g/mol. The molecule has 2 aromatic heterocycles. The van der Waals surface area contributed by atoms with E-state index in [1.807, 2.05) is 18.5 Å². The zero-order chi connectivity index (χ0) is 21.1. The highest BCUT2D eigenvalue weighted by Crippen LogP contribution is 2.24. The molecule has 1 aliphatic rings. The molecular weight excluding hydrogens is 424 g/mol. The molecule has 158 valence electrons. The van der Waals surface area contributed by atoms with Crippen LogP contribution in [0.15, 0.2) is 57.4 Å². The lowest BCUT2D eigenvalue weighted by Gasteiger charge is -2.31. The lowest BCUT2D eigenvalue weighted by Crippen LogP contribution is -2.46. The molecule has 1 aliphatic heterocycles. The van der Waals surface area contributed by atoms with Gasteiger partial charge >= 0.3 is 0 Å². The van der Waals surface area contributed by atoms with E-state index in [0.717, 1.165) is 5.01 Å². The highest BCUT2D eigenvalue weighted by atomic mass is 32.2. The molecule has 3 heterocycles. The first-order chi connectivity index (χ1) is 14.4. The number of hydrogen-bond acceptors (Lipinski definition) is 7. The molecule has 0 radical (unpaired) electrons. The molecule has 1 fully saturated rings. The molecule has 0 aliphatic carbocycles. The number of sulfonamides is 1. The van der Waals surface area contributed by atoms with Gasteiger partial charge in [0.15, 0.2) is 10.8 Å². The lowest BCUT2D eigenvalue weighted by molar-refractivity contribution is -0.115. The van der Waals surface area contributed by atoms with E-state index in [4.69, 9.17) is 4.42 Å². The summed E-state index contributed by atoms with van der Waals surface area (Å²) in [7, 11) is -1.54. The predicted molar refractivity (Wildman–Crippen MR) is 115 cm³/mol. The van der Waals surface area contributed by atoms with Crippen molar-refractivity contribution in [1.29, 1.82) is 0 Å². The van der Waals surface area contributed by atoms with Gasteiger partial charge in [-0.15, -0.1) is 11.3 Å². The number of likely N-dealkylation sites (N-methyl/N-ethyl adjacent to an activating group) is 1. The van der Waals surface area contributed by atoms with Gasteiger partial charge in [0.05, 0.1) is 23.3 Å². The molecule has 30 heavy (non-hydrogen) atoms. The van der Waals surface area contributed by atoms with Crippen molar-refractivity contribution < 1.29 is 17.6 Å². The number of piperazine rings is 1. The molecule has 0 bridgehead atoms. The molecule has 1 aromatic carbocycles. The van der Waals surface area contributed by atoms with E-state index in [1.165, 1.54) is 27.8 Å². The Morgan fingerprint density at radius 1 is 1.17 bits per heavy atom. The minimum atomic E-state index is -3.52. The normalized spacial score (nSPS) is 15.9. The van der Waals surface area contributed by atoms with Crippen molar-refractivity contribution in [2.75, 3.05) is 38.5 Å². The maximum absolute atomic E-state index is 12.8. The monoisotopic (exact) mass is 446 g/mol. The Morgan fingerprint density at radius 3 is 2.57 bits per heavy atom. The largest absolute Gasteiger partial charge is 0.462 e. The van der Waals surface area contributed by atoms with Crippen LogP contribution in [0, 0.1) is 0 Å². The number of rotatable bonds is 6. The lowest BCUT2D eigenvalue weighted by atomic mass is 10.3. The first kappa shape index (κ1) is 20.7. The van der Waals surface area contributed by atoms with Gasteiger partial charge in [-0.05, 0) is 43.4 Å². The number of carbonyl (C=O) groups is 1. The van der Waals surface area contributed by atoms with Gasteiger partial charge in [0.25, 0.3) is 0 Å². The van der Waals surface area contributed by atoms with Crippen LogP contribution in [0.4, 0.5) is 5.69 Å². The van der Waals surface area contributed by atoms with Gasteiger partial charge in [-0.1, -0.05) is 0 Å². The number of nitrogens with one attached hydrogen (secondary N) is 1. The molecule has 3 aromatic rings. The van der Waals surface area contributed by atoms with Crippen molar-refractivity contribution in [3.8, 4) is 10.8 Å². The Morgan fingerprint density at radius 2 is 1.90 bits per heavy atom. The number of aromatic nitrogens is 1. The van der Waals surface area contributed by atoms with Crippen LogP contribution >= 0.6 is 11.3 Å². The maximum Gasteiger partial charge on any atom is 0.243 e. The molecule has 0 atom stereocenters. The number of thiazole rings is 1. The first-order valence-corrected chi connectivity index (χ1v) is 11.8. The van der Waals surface area contributed by atoms with Crippen molar-refractivity contribution in [3.05, 3.63) is 53.7 Å². The molecule has 0 saturated carbocycles. The van der Waals surface area contributed by atoms with Gasteiger partial charge in [0, 0.05) is 37.2 Å². The maximum atomic E-state index is 12.8. The Kier molecular flexibility index (Phi) is 6.00. The highest BCUT2D eigenvalue weighted by Gasteiger charge is 2.27. The van der Waals surface area contributed by atoms with E-state index in [2.05, 4.69) is 15.2 Å². The zero-order valence-electron chi connectivity index (χ0n) is 16.4. The summed E-state index contributed by atoms with van der Waals surface area (Å²) in [5.41, 5.74) is 1.19. The summed E-state index contributed by atoms with van der Waals surface area (Å²) in [6, 6.07) is 9.88. The molecule has 1 amide bonds. The third kappa shape index (κ3) is 4.62. The second-order valence-electron chi connectivity index (χ2n) is 7.08. The molecule has 1 N–H and O–H groups in total. The Bertz CT molecular complexity index is 1100. The summed E-state index contributed by atoms with van der Waals surface area (Å²) < 4.78 is 32.4. The van der Waals surface area contributed by atoms with Crippen LogP contribution in [0.3, 0.4) is 0 Å². The van der Waals surface area contributed by atoms with Crippen LogP contribution in [-0.2, 0) is 21.2 Å². The standard InChI is InChI=1S/C20H22N4O4S2/c1-23-8-10-24(11-9-23)30(26,27)17-6-4-15(5-7-17)21-19(25)13-16-14-29-20(22-16)18-3-2-12-28-18/h2-7,12,14H,8-11,13H2,1H3,(H,21,25). The van der Waals surface area contributed by atoms with Gasteiger partial charge in [0.1, 0.15) is 0 Å². The quantitative estimate of drug-likeness (QED) is 0.625. The van der Waals surface area contributed by atoms with E-state index in [0.29, 0.717) is 43.3 Å². The summed E-state index contributed by atoms with van der Waals surface area (Å²) in [5.74, 6) is 0.449. The van der Waals surface area contributed by atoms with Gasteiger partial charge in [-0.3, -0.25) is 4.79 Å². The number of nitrogens with zero attached hydrogens (tertiary/aromatic N) is 3. The second-order valence-corrected chi connectivity index (χ2v) is 9.87. The van der Waals surface area contributed by atoms with Crippen LogP contribution in [0.2, 0.25) is 0 Å². The van der Waals surface area contributed by atoms with Crippen LogP contribution in [0.25, 0.3) is 10.8 Å². The molecule has 8 nitrogen and oxygen atoms in total. The van der Waals surface area contributed by atoms with Gasteiger partial charge < -0.3 is 14.6 Å². The number of hydrogen-bond donors (Lipinski definition) is 1. The van der Waals surface area contributed by atoms with Crippen LogP contribution in [0.5, 0.6) is 0 Å². The predicted octanol–water partition coefficient (Wildman–Crippen LogP) is 2.52. The van der Waals surface area contributed by atoms with Crippen LogP contribution < -0.4 is 5.32 Å². The Labute approximate surface area is 179 Å². The molecular formula is C20H22N4O4S2. The Hall–Kier alpha value is -2.53. The number of furan rings is 1. The fraction of sp³-hybridized carbons (Fsp3) is 0.300. The SMILES string of the molecule is CN1CCN(S(=O)(=O)c2ccc(NC(=O)Cc3csc(-c4ccco4)n3)cc2)CC1. The molecule has 4 rings (SSSR count). The molecule has 0 unspecified atom stereocenters. The molecule has 0 spiro atoms. The van der Waals surface area contributed by atoms with Crippen molar-refractivity contribution >= 4 is 33.0 Å². The molecule has 1 saturated heterocycles. The van der Waals surface area contributed by atoms with E-state index < -0.39 is 10.0 Å². The van der Waals surface area contributed by atoms with Gasteiger partial charge in [-0.2, -0.15) is 4.31 Å². The summed E-state index contributed by atoms with van der Waals surface area (Å²) in [6.45, 7) is 2.38. The van der Waals surface area contributed by atoms with Gasteiger partial charge in [-0.25, -0.2) is 13.4 Å². The number of benzene rings is 1. The summed E-state index contributed by atoms with van der Waals surface area (Å²) in [4.78, 5) is 19.1. The third-order valence-electron chi connectivity index (χ3n) is 4.86. The number of carbonyl (C=O) groups excluding carboxylic acids is 1. The summed E-state index contributed by atoms with van der Waals surface area (Å²) >= 11 is 1.41. The van der Waals surface area contributed by atoms with Crippen molar-refractivity contribution in [3.63, 3.8) is 0 Å². The van der Waals surface area contributed by atoms with Crippen molar-refractivity contribution in [2.24, 2.45) is 0 Å². The van der Waals surface area contributed by atoms with Gasteiger partial charge in [0.2, 0.25) is 15.9 Å². The zero-order valence-corrected chi connectivity index (χ0v) is 18.1. The number of amides is 1. The van der Waals surface area contributed by atoms with E-state index >= 15 is 0 Å². The first-order valence-electron chi connectivity index (χ1n) is 9.49.